The number of halogens is 1. The van der Waals surface area contributed by atoms with Crippen molar-refractivity contribution in [3.05, 3.63) is 12.2 Å². The summed E-state index contributed by atoms with van der Waals surface area (Å²) in [5.41, 5.74) is 0. The van der Waals surface area contributed by atoms with E-state index in [1.54, 1.807) is 6.08 Å². The summed E-state index contributed by atoms with van der Waals surface area (Å²) in [5, 5.41) is 0. The fourth-order valence-corrected chi connectivity index (χ4v) is 2.22. The molecule has 0 N–H and O–H groups in total. The molecule has 0 radical (unpaired) electrons. The molecule has 0 spiro atoms. The second-order valence-corrected chi connectivity index (χ2v) is 4.60. The van der Waals surface area contributed by atoms with Gasteiger partial charge in [-0.05, 0) is 16.9 Å². The van der Waals surface area contributed by atoms with Crippen LogP contribution in [-0.2, 0) is 19.0 Å². The highest BCUT2D eigenvalue weighted by atomic mass is 127. The lowest BCUT2D eigenvalue weighted by Gasteiger charge is -2.31. The highest BCUT2D eigenvalue weighted by Crippen LogP contribution is 2.33. The summed E-state index contributed by atoms with van der Waals surface area (Å²) in [6.45, 7) is 1.15. The van der Waals surface area contributed by atoms with E-state index < -0.39 is 5.79 Å². The Labute approximate surface area is 102 Å². The molecule has 2 rings (SSSR count). The van der Waals surface area contributed by atoms with Crippen molar-refractivity contribution in [2.24, 2.45) is 0 Å². The molecule has 0 aromatic rings. The Hall–Kier alpha value is -0.140. The van der Waals surface area contributed by atoms with Gasteiger partial charge in [0.1, 0.15) is 0 Å². The fourth-order valence-electron chi connectivity index (χ4n) is 1.84. The maximum Gasteiger partial charge on any atom is 0.331 e. The van der Waals surface area contributed by atoms with Gasteiger partial charge in [0.2, 0.25) is 5.79 Å². The lowest BCUT2D eigenvalue weighted by molar-refractivity contribution is -0.217. The molecule has 5 heteroatoms. The molecule has 0 aliphatic carbocycles. The number of carbonyl (C=O) groups is 1. The third-order valence-electron chi connectivity index (χ3n) is 2.52. The van der Waals surface area contributed by atoms with Crippen LogP contribution in [0.4, 0.5) is 0 Å². The number of hydrogen-bond donors (Lipinski definition) is 0. The van der Waals surface area contributed by atoms with Crippen molar-refractivity contribution in [2.75, 3.05) is 17.6 Å². The van der Waals surface area contributed by atoms with E-state index in [-0.39, 0.29) is 12.1 Å². The topological polar surface area (TPSA) is 44.8 Å². The monoisotopic (exact) mass is 324 g/mol. The average molecular weight is 324 g/mol. The Kier molecular flexibility index (Phi) is 3.63. The second kappa shape index (κ2) is 4.80. The molecule has 2 heterocycles. The largest absolute Gasteiger partial charge is 0.449 e. The molecular formula is C10H13IO4. The van der Waals surface area contributed by atoms with Gasteiger partial charge in [-0.15, -0.1) is 0 Å². The van der Waals surface area contributed by atoms with Crippen LogP contribution in [0.2, 0.25) is 0 Å². The van der Waals surface area contributed by atoms with Gasteiger partial charge in [0, 0.05) is 12.5 Å². The van der Waals surface area contributed by atoms with E-state index in [2.05, 4.69) is 22.6 Å². The standard InChI is InChI=1S/C10H13IO4/c11-5-1-4-10(13-6-7-14-10)8-2-3-9(12)15-8/h2-3,8H,1,4-7H2. The van der Waals surface area contributed by atoms with Crippen molar-refractivity contribution >= 4 is 28.6 Å². The summed E-state index contributed by atoms with van der Waals surface area (Å²) in [5.74, 6) is -1.04. The van der Waals surface area contributed by atoms with Gasteiger partial charge < -0.3 is 14.2 Å². The summed E-state index contributed by atoms with van der Waals surface area (Å²) in [6.07, 6.45) is 4.53. The fraction of sp³-hybridized carbons (Fsp3) is 0.700. The van der Waals surface area contributed by atoms with Crippen LogP contribution >= 0.6 is 22.6 Å². The SMILES string of the molecule is O=C1C=CC(C2(CCCI)OCCO2)O1. The third-order valence-corrected chi connectivity index (χ3v) is 3.28. The van der Waals surface area contributed by atoms with Crippen molar-refractivity contribution in [1.82, 2.24) is 0 Å². The Morgan fingerprint density at radius 2 is 2.20 bits per heavy atom. The molecule has 1 saturated heterocycles. The third kappa shape index (κ3) is 2.34. The molecule has 2 aliphatic heterocycles. The quantitative estimate of drug-likeness (QED) is 0.446. The summed E-state index contributed by atoms with van der Waals surface area (Å²) >= 11 is 2.31. The number of cyclic esters (lactones) is 1. The molecule has 1 fully saturated rings. The van der Waals surface area contributed by atoms with Crippen molar-refractivity contribution in [3.63, 3.8) is 0 Å². The van der Waals surface area contributed by atoms with Gasteiger partial charge in [-0.25, -0.2) is 4.79 Å². The van der Waals surface area contributed by atoms with Crippen LogP contribution in [0.5, 0.6) is 0 Å². The normalized spacial score (nSPS) is 28.3. The molecule has 0 saturated carbocycles. The molecule has 0 aromatic heterocycles. The molecule has 0 aromatic carbocycles. The van der Waals surface area contributed by atoms with Crippen LogP contribution in [0.25, 0.3) is 0 Å². The van der Waals surface area contributed by atoms with E-state index in [9.17, 15) is 4.79 Å². The van der Waals surface area contributed by atoms with E-state index >= 15 is 0 Å². The van der Waals surface area contributed by atoms with Gasteiger partial charge in [-0.3, -0.25) is 0 Å². The molecule has 2 aliphatic rings. The first-order chi connectivity index (χ1) is 7.27. The Morgan fingerprint density at radius 3 is 2.73 bits per heavy atom. The van der Waals surface area contributed by atoms with Crippen LogP contribution in [-0.4, -0.2) is 35.5 Å². The molecule has 4 nitrogen and oxygen atoms in total. The highest BCUT2D eigenvalue weighted by molar-refractivity contribution is 14.1. The van der Waals surface area contributed by atoms with Crippen molar-refractivity contribution in [3.8, 4) is 0 Å². The predicted octanol–water partition coefficient (Wildman–Crippen LogP) is 1.43. The minimum absolute atomic E-state index is 0.312. The molecule has 15 heavy (non-hydrogen) atoms. The first-order valence-electron chi connectivity index (χ1n) is 4.99. The first-order valence-corrected chi connectivity index (χ1v) is 6.52. The molecule has 1 unspecified atom stereocenters. The van der Waals surface area contributed by atoms with Crippen molar-refractivity contribution in [1.29, 1.82) is 0 Å². The van der Waals surface area contributed by atoms with Crippen LogP contribution in [0.15, 0.2) is 12.2 Å². The molecule has 1 atom stereocenters. The zero-order valence-corrected chi connectivity index (χ0v) is 10.4. The van der Waals surface area contributed by atoms with Crippen molar-refractivity contribution in [2.45, 2.75) is 24.7 Å². The number of ether oxygens (including phenoxy) is 3. The summed E-state index contributed by atoms with van der Waals surface area (Å²) in [4.78, 5) is 11.0. The molecule has 0 bridgehead atoms. The zero-order valence-electron chi connectivity index (χ0n) is 8.28. The van der Waals surface area contributed by atoms with Crippen LogP contribution in [0, 0.1) is 0 Å². The summed E-state index contributed by atoms with van der Waals surface area (Å²) < 4.78 is 17.4. The van der Waals surface area contributed by atoms with Gasteiger partial charge >= 0.3 is 5.97 Å². The average Bonchev–Trinajstić information content (AvgIpc) is 2.84. The smallest absolute Gasteiger partial charge is 0.331 e. The van der Waals surface area contributed by atoms with E-state index in [4.69, 9.17) is 14.2 Å². The maximum atomic E-state index is 11.0. The zero-order chi connectivity index (χ0) is 10.7. The lowest BCUT2D eigenvalue weighted by atomic mass is 10.0. The molecular weight excluding hydrogens is 311 g/mol. The summed E-state index contributed by atoms with van der Waals surface area (Å²) in [7, 11) is 0. The minimum Gasteiger partial charge on any atom is -0.449 e. The predicted molar refractivity (Wildman–Crippen MR) is 61.8 cm³/mol. The molecule has 0 amide bonds. The Morgan fingerprint density at radius 1 is 1.47 bits per heavy atom. The van der Waals surface area contributed by atoms with Crippen LogP contribution in [0.3, 0.4) is 0 Å². The summed E-state index contributed by atoms with van der Waals surface area (Å²) in [6, 6.07) is 0. The van der Waals surface area contributed by atoms with E-state index in [1.807, 2.05) is 0 Å². The van der Waals surface area contributed by atoms with Crippen LogP contribution in [0.1, 0.15) is 12.8 Å². The first kappa shape index (κ1) is 11.3. The van der Waals surface area contributed by atoms with Crippen molar-refractivity contribution < 1.29 is 19.0 Å². The van der Waals surface area contributed by atoms with Gasteiger partial charge in [0.25, 0.3) is 0 Å². The van der Waals surface area contributed by atoms with E-state index in [0.29, 0.717) is 13.2 Å². The highest BCUT2D eigenvalue weighted by Gasteiger charge is 2.46. The van der Waals surface area contributed by atoms with E-state index in [1.165, 1.54) is 6.08 Å². The Balaban J connectivity index is 2.05. The van der Waals surface area contributed by atoms with Gasteiger partial charge in [0.05, 0.1) is 13.2 Å². The number of esters is 1. The minimum atomic E-state index is -0.728. The number of carbonyl (C=O) groups excluding carboxylic acids is 1. The van der Waals surface area contributed by atoms with Gasteiger partial charge in [-0.2, -0.15) is 0 Å². The van der Waals surface area contributed by atoms with Gasteiger partial charge in [-0.1, -0.05) is 22.6 Å². The van der Waals surface area contributed by atoms with E-state index in [0.717, 1.165) is 17.3 Å². The second-order valence-electron chi connectivity index (χ2n) is 3.52. The maximum absolute atomic E-state index is 11.0. The van der Waals surface area contributed by atoms with Gasteiger partial charge in [0.15, 0.2) is 6.10 Å². The number of hydrogen-bond acceptors (Lipinski definition) is 4. The molecule has 84 valence electrons. The van der Waals surface area contributed by atoms with Crippen LogP contribution < -0.4 is 0 Å². The lowest BCUT2D eigenvalue weighted by Crippen LogP contribution is -2.43. The number of rotatable bonds is 4. The number of alkyl halides is 1. The Bertz CT molecular complexity index is 271.